The summed E-state index contributed by atoms with van der Waals surface area (Å²) in [7, 11) is 0. The second-order valence-corrected chi connectivity index (χ2v) is 10.0. The number of carbonyl (C=O) groups is 2. The highest BCUT2D eigenvalue weighted by atomic mass is 16.1. The molecule has 2 heteroatoms. The molecule has 32 heavy (non-hydrogen) atoms. The summed E-state index contributed by atoms with van der Waals surface area (Å²) in [6.07, 6.45) is 1.83. The van der Waals surface area contributed by atoms with E-state index in [-0.39, 0.29) is 17.5 Å². The molecule has 3 aliphatic carbocycles. The maximum Gasteiger partial charge on any atom is 0.160 e. The maximum absolute atomic E-state index is 14.5. The zero-order valence-corrected chi connectivity index (χ0v) is 18.6. The lowest BCUT2D eigenvalue weighted by Gasteiger charge is -2.60. The summed E-state index contributed by atoms with van der Waals surface area (Å²) in [5.41, 5.74) is 3.33. The van der Waals surface area contributed by atoms with Crippen molar-refractivity contribution in [1.82, 2.24) is 0 Å². The molecule has 5 atom stereocenters. The van der Waals surface area contributed by atoms with Gasteiger partial charge in [0.15, 0.2) is 11.6 Å². The second-order valence-electron chi connectivity index (χ2n) is 10.0. The molecule has 1 saturated carbocycles. The molecule has 6 rings (SSSR count). The van der Waals surface area contributed by atoms with Gasteiger partial charge in [-0.25, -0.2) is 0 Å². The smallest absolute Gasteiger partial charge is 0.160 e. The lowest BCUT2D eigenvalue weighted by Crippen LogP contribution is -2.61. The Hall–Kier alpha value is -3.26. The van der Waals surface area contributed by atoms with Crippen molar-refractivity contribution < 1.29 is 9.59 Å². The van der Waals surface area contributed by atoms with Gasteiger partial charge in [-0.2, -0.15) is 0 Å². The summed E-state index contributed by atoms with van der Waals surface area (Å²) in [6.45, 7) is 6.30. The van der Waals surface area contributed by atoms with Crippen LogP contribution in [0.1, 0.15) is 48.9 Å². The molecule has 0 spiro atoms. The van der Waals surface area contributed by atoms with Crippen LogP contribution in [-0.4, -0.2) is 11.6 Å². The van der Waals surface area contributed by atoms with E-state index < -0.39 is 22.2 Å². The van der Waals surface area contributed by atoms with Crippen molar-refractivity contribution in [3.05, 3.63) is 119 Å². The highest BCUT2D eigenvalue weighted by molar-refractivity contribution is 6.11. The minimum Gasteiger partial charge on any atom is -0.298 e. The van der Waals surface area contributed by atoms with E-state index >= 15 is 0 Å². The molecule has 0 unspecified atom stereocenters. The number of hydrogen-bond acceptors (Lipinski definition) is 2. The Morgan fingerprint density at radius 3 is 1.94 bits per heavy atom. The number of ketones is 2. The van der Waals surface area contributed by atoms with E-state index in [0.29, 0.717) is 0 Å². The number of carbonyl (C=O) groups excluding carboxylic acids is 2. The molecule has 3 aliphatic rings. The van der Waals surface area contributed by atoms with Crippen molar-refractivity contribution in [2.75, 3.05) is 0 Å². The van der Waals surface area contributed by atoms with E-state index in [4.69, 9.17) is 0 Å². The van der Waals surface area contributed by atoms with E-state index in [9.17, 15) is 9.59 Å². The molecule has 3 aromatic rings. The lowest BCUT2D eigenvalue weighted by atomic mass is 9.40. The van der Waals surface area contributed by atoms with Crippen LogP contribution < -0.4 is 0 Å². The average Bonchev–Trinajstić information content (AvgIpc) is 2.96. The Kier molecular flexibility index (Phi) is 3.74. The maximum atomic E-state index is 14.5. The van der Waals surface area contributed by atoms with Gasteiger partial charge in [0.2, 0.25) is 0 Å². The Morgan fingerprint density at radius 2 is 1.28 bits per heavy atom. The first-order valence-electron chi connectivity index (χ1n) is 11.4. The highest BCUT2D eigenvalue weighted by Crippen LogP contribution is 2.75. The molecule has 0 N–H and O–H groups in total. The largest absolute Gasteiger partial charge is 0.298 e. The molecule has 0 radical (unpaired) electrons. The Balaban J connectivity index is 1.84. The third-order valence-electron chi connectivity index (χ3n) is 8.82. The standard InChI is InChI=1S/C30H26O2/c1-19-18-24(31)26-28(2)22-16-10-11-17-23(22)30(19,21-14-8-5-9-15-21)29(26,3)25(27(28)32)20-12-6-4-7-13-20/h4-18,25-26H,1-3H3/t25-,26+,28-,29-,30-/m1/s1. The van der Waals surface area contributed by atoms with Gasteiger partial charge in [0.25, 0.3) is 0 Å². The van der Waals surface area contributed by atoms with Crippen LogP contribution in [0.25, 0.3) is 0 Å². The van der Waals surface area contributed by atoms with E-state index in [0.717, 1.165) is 22.3 Å². The van der Waals surface area contributed by atoms with E-state index in [1.165, 1.54) is 5.56 Å². The molecule has 0 heterocycles. The lowest BCUT2D eigenvalue weighted by molar-refractivity contribution is -0.129. The summed E-state index contributed by atoms with van der Waals surface area (Å²) < 4.78 is 0. The second kappa shape index (κ2) is 6.16. The third-order valence-corrected chi connectivity index (χ3v) is 8.82. The SMILES string of the molecule is CC1=CC(=O)[C@@H]2[C@@]3(C)[C@H](c4ccccc4)C(=O)[C@]2(C)c2ccccc2[C@]13c1ccccc1. The van der Waals surface area contributed by atoms with Crippen molar-refractivity contribution in [3.8, 4) is 0 Å². The molecule has 0 aliphatic heterocycles. The van der Waals surface area contributed by atoms with Crippen molar-refractivity contribution >= 4 is 11.6 Å². The van der Waals surface area contributed by atoms with Crippen molar-refractivity contribution in [2.45, 2.75) is 37.5 Å². The Morgan fingerprint density at radius 1 is 0.719 bits per heavy atom. The number of allylic oxidation sites excluding steroid dienone is 2. The molecule has 2 nitrogen and oxygen atoms in total. The molecular formula is C30H26O2. The van der Waals surface area contributed by atoms with Crippen LogP contribution >= 0.6 is 0 Å². The van der Waals surface area contributed by atoms with E-state index in [2.05, 4.69) is 68.4 Å². The van der Waals surface area contributed by atoms with Crippen molar-refractivity contribution in [3.63, 3.8) is 0 Å². The van der Waals surface area contributed by atoms with Gasteiger partial charge in [0.1, 0.15) is 0 Å². The summed E-state index contributed by atoms with van der Waals surface area (Å²) in [5, 5.41) is 0. The van der Waals surface area contributed by atoms with Gasteiger partial charge in [-0.1, -0.05) is 97.4 Å². The molecule has 0 amide bonds. The molecular weight excluding hydrogens is 392 g/mol. The number of Topliss-reactive ketones (excluding diaryl/α,β-unsaturated/α-hetero) is 1. The molecule has 0 saturated heterocycles. The van der Waals surface area contributed by atoms with Gasteiger partial charge in [0, 0.05) is 16.7 Å². The first-order chi connectivity index (χ1) is 15.4. The van der Waals surface area contributed by atoms with Gasteiger partial charge in [-0.3, -0.25) is 9.59 Å². The van der Waals surface area contributed by atoms with Gasteiger partial charge in [-0.05, 0) is 42.2 Å². The monoisotopic (exact) mass is 418 g/mol. The summed E-state index contributed by atoms with van der Waals surface area (Å²) in [4.78, 5) is 28.2. The minimum absolute atomic E-state index is 0.0836. The number of benzene rings is 3. The molecule has 3 aromatic carbocycles. The topological polar surface area (TPSA) is 34.1 Å². The number of fused-ring (bicyclic) bond motifs is 3. The first-order valence-corrected chi connectivity index (χ1v) is 11.4. The number of hydrogen-bond donors (Lipinski definition) is 0. The first kappa shape index (κ1) is 19.4. The molecule has 1 fully saturated rings. The Bertz CT molecular complexity index is 1300. The summed E-state index contributed by atoms with van der Waals surface area (Å²) in [6, 6.07) is 28.9. The van der Waals surface area contributed by atoms with Crippen LogP contribution in [0.15, 0.2) is 96.6 Å². The molecule has 0 aromatic heterocycles. The Labute approximate surface area is 189 Å². The van der Waals surface area contributed by atoms with Crippen LogP contribution in [-0.2, 0) is 20.4 Å². The van der Waals surface area contributed by atoms with Gasteiger partial charge in [0.05, 0.1) is 11.3 Å². The molecule has 4 bridgehead atoms. The predicted molar refractivity (Wildman–Crippen MR) is 126 cm³/mol. The molecule has 158 valence electrons. The average molecular weight is 419 g/mol. The van der Waals surface area contributed by atoms with E-state index in [1.807, 2.05) is 43.3 Å². The van der Waals surface area contributed by atoms with Crippen LogP contribution in [0.2, 0.25) is 0 Å². The summed E-state index contributed by atoms with van der Waals surface area (Å²) >= 11 is 0. The number of rotatable bonds is 2. The quantitative estimate of drug-likeness (QED) is 0.530. The highest BCUT2D eigenvalue weighted by Gasteiger charge is 2.78. The predicted octanol–water partition coefficient (Wildman–Crippen LogP) is 5.76. The van der Waals surface area contributed by atoms with E-state index in [1.54, 1.807) is 0 Å². The van der Waals surface area contributed by atoms with Crippen molar-refractivity contribution in [2.24, 2.45) is 11.3 Å². The van der Waals surface area contributed by atoms with Crippen LogP contribution in [0.4, 0.5) is 0 Å². The zero-order valence-electron chi connectivity index (χ0n) is 18.6. The fourth-order valence-electron chi connectivity index (χ4n) is 7.90. The van der Waals surface area contributed by atoms with Gasteiger partial charge in [-0.15, -0.1) is 0 Å². The summed E-state index contributed by atoms with van der Waals surface area (Å²) in [5.74, 6) is -0.538. The zero-order chi connectivity index (χ0) is 22.3. The van der Waals surface area contributed by atoms with Crippen molar-refractivity contribution in [1.29, 1.82) is 0 Å². The normalized spacial score (nSPS) is 34.8. The fraction of sp³-hybridized carbons (Fsp3) is 0.267. The van der Waals surface area contributed by atoms with Crippen LogP contribution in [0.3, 0.4) is 0 Å². The van der Waals surface area contributed by atoms with Crippen LogP contribution in [0, 0.1) is 11.3 Å². The van der Waals surface area contributed by atoms with Crippen LogP contribution in [0.5, 0.6) is 0 Å². The fourth-order valence-corrected chi connectivity index (χ4v) is 7.90. The van der Waals surface area contributed by atoms with Gasteiger partial charge >= 0.3 is 0 Å². The van der Waals surface area contributed by atoms with Gasteiger partial charge < -0.3 is 0 Å². The minimum atomic E-state index is -0.849. The third kappa shape index (κ3) is 1.89.